The maximum absolute atomic E-state index is 5.81. The lowest BCUT2D eigenvalue weighted by Gasteiger charge is -1.99. The highest BCUT2D eigenvalue weighted by molar-refractivity contribution is 5.76. The summed E-state index contributed by atoms with van der Waals surface area (Å²) in [4.78, 5) is 2.68. The highest BCUT2D eigenvalue weighted by atomic mass is 15.2. The maximum Gasteiger partial charge on any atom is 0.524 e. The molecule has 0 fully saturated rings. The van der Waals surface area contributed by atoms with E-state index in [2.05, 4.69) is 4.99 Å². The van der Waals surface area contributed by atoms with E-state index in [9.17, 15) is 0 Å². The second-order valence-corrected chi connectivity index (χ2v) is 3.05. The van der Waals surface area contributed by atoms with Crippen molar-refractivity contribution in [3.63, 3.8) is 0 Å². The van der Waals surface area contributed by atoms with Gasteiger partial charge in [-0.25, -0.2) is 5.73 Å². The molecule has 7 N–H and O–H groups in total. The van der Waals surface area contributed by atoms with E-state index in [4.69, 9.17) is 17.2 Å². The Morgan fingerprint density at radius 3 is 2.27 bits per heavy atom. The molecule has 1 aromatic carbocycles. The molecule has 0 aliphatic heterocycles. The van der Waals surface area contributed by atoms with Crippen molar-refractivity contribution < 1.29 is 9.57 Å². The lowest BCUT2D eigenvalue weighted by Crippen LogP contribution is -2.86. The Balaban J connectivity index is 3.14. The van der Waals surface area contributed by atoms with Crippen LogP contribution in [0.15, 0.2) is 30.3 Å². The number of nitrogens with one attached hydrogen (secondary N) is 1. The molecule has 0 aliphatic carbocycles. The summed E-state index contributed by atoms with van der Waals surface area (Å²) in [5.74, 6) is 0.505. The first-order valence-electron chi connectivity index (χ1n) is 4.75. The van der Waals surface area contributed by atoms with E-state index in [0.29, 0.717) is 5.96 Å². The van der Waals surface area contributed by atoms with Crippen molar-refractivity contribution in [3.8, 4) is 0 Å². The van der Waals surface area contributed by atoms with Crippen LogP contribution in [0.2, 0.25) is 0 Å². The van der Waals surface area contributed by atoms with Crippen molar-refractivity contribution in [2.24, 2.45) is 17.2 Å². The summed E-state index contributed by atoms with van der Waals surface area (Å²) in [6.07, 6.45) is 0. The number of para-hydroxylation sites is 1. The Labute approximate surface area is 88.9 Å². The molecular weight excluding hydrogens is 190 g/mol. The molecule has 0 unspecified atom stereocenters. The fourth-order valence-electron chi connectivity index (χ4n) is 1.32. The Hall–Kier alpha value is -2.04. The zero-order chi connectivity index (χ0) is 11.3. The third-order valence-corrected chi connectivity index (χ3v) is 1.95. The van der Waals surface area contributed by atoms with Crippen LogP contribution in [0.3, 0.4) is 0 Å². The number of rotatable bonds is 2. The molecule has 0 radical (unpaired) electrons. The third kappa shape index (κ3) is 2.98. The minimum atomic E-state index is 0.0851. The smallest absolute Gasteiger partial charge is 0.345 e. The Bertz CT molecular complexity index is 376. The van der Waals surface area contributed by atoms with E-state index in [1.165, 1.54) is 0 Å². The van der Waals surface area contributed by atoms with Crippen LogP contribution in [0, 0.1) is 0 Å². The number of nitrogens with two attached hydrogens (primary N) is 3. The van der Waals surface area contributed by atoms with E-state index in [0.717, 1.165) is 12.2 Å². The van der Waals surface area contributed by atoms with Crippen LogP contribution < -0.4 is 22.2 Å². The summed E-state index contributed by atoms with van der Waals surface area (Å²) in [5, 5.41) is 0. The van der Waals surface area contributed by atoms with Crippen molar-refractivity contribution in [1.29, 1.82) is 0 Å². The van der Waals surface area contributed by atoms with Gasteiger partial charge in [0.05, 0.1) is 0 Å². The van der Waals surface area contributed by atoms with Crippen LogP contribution in [0.4, 0.5) is 5.69 Å². The van der Waals surface area contributed by atoms with Gasteiger partial charge in [-0.15, -0.1) is 4.99 Å². The summed E-state index contributed by atoms with van der Waals surface area (Å²) < 4.78 is 1.87. The maximum atomic E-state index is 5.81. The molecule has 15 heavy (non-hydrogen) atoms. The van der Waals surface area contributed by atoms with E-state index in [1.807, 2.05) is 41.8 Å². The Morgan fingerprint density at radius 2 is 1.80 bits per heavy atom. The molecule has 0 saturated heterocycles. The fraction of sp³-hybridized carbons (Fsp3) is 0.200. The quantitative estimate of drug-likeness (QED) is 0.257. The lowest BCUT2D eigenvalue weighted by molar-refractivity contribution is -0.505. The topological polar surface area (TPSA) is 95.0 Å². The molecule has 0 aliphatic rings. The average molecular weight is 207 g/mol. The fourth-order valence-corrected chi connectivity index (χ4v) is 1.32. The standard InChI is InChI=1S/C10H15N5/c1-2-15(10(13)14-9(11)12)8-6-4-3-5-7-8/h3-7H,2H2,1H3,(H5,11,12,13,14)/p+2. The van der Waals surface area contributed by atoms with Gasteiger partial charge in [0.1, 0.15) is 6.54 Å². The average Bonchev–Trinajstić information content (AvgIpc) is 2.19. The highest BCUT2D eigenvalue weighted by Gasteiger charge is 2.14. The van der Waals surface area contributed by atoms with E-state index in [-0.39, 0.29) is 5.96 Å². The monoisotopic (exact) mass is 207 g/mol. The highest BCUT2D eigenvalue weighted by Crippen LogP contribution is 2.08. The van der Waals surface area contributed by atoms with Gasteiger partial charge in [0.15, 0.2) is 5.69 Å². The molecule has 1 aromatic rings. The zero-order valence-electron chi connectivity index (χ0n) is 8.77. The molecule has 0 atom stereocenters. The minimum Gasteiger partial charge on any atom is -0.345 e. The zero-order valence-corrected chi connectivity index (χ0v) is 8.77. The summed E-state index contributed by atoms with van der Waals surface area (Å²) in [6, 6.07) is 9.77. The molecular formula is C10H17N5+2. The van der Waals surface area contributed by atoms with Gasteiger partial charge in [0.2, 0.25) is 0 Å². The molecule has 0 heterocycles. The summed E-state index contributed by atoms with van der Waals surface area (Å²) in [6.45, 7) is 2.73. The van der Waals surface area contributed by atoms with Gasteiger partial charge in [-0.2, -0.15) is 4.58 Å². The second-order valence-electron chi connectivity index (χ2n) is 3.05. The lowest BCUT2D eigenvalue weighted by atomic mass is 10.3. The van der Waals surface area contributed by atoms with Crippen molar-refractivity contribution in [2.75, 3.05) is 6.54 Å². The number of benzene rings is 1. The molecule has 5 nitrogen and oxygen atoms in total. The molecule has 0 aromatic heterocycles. The molecule has 5 heteroatoms. The van der Waals surface area contributed by atoms with Crippen molar-refractivity contribution in [3.05, 3.63) is 30.3 Å². The van der Waals surface area contributed by atoms with Crippen LogP contribution >= 0.6 is 0 Å². The van der Waals surface area contributed by atoms with Crippen LogP contribution in [0.25, 0.3) is 0 Å². The SMILES string of the molecule is CC[N+](=C(N)[NH+]=C(N)N)c1ccccc1. The molecule has 0 bridgehead atoms. The molecule has 80 valence electrons. The van der Waals surface area contributed by atoms with Gasteiger partial charge in [0, 0.05) is 0 Å². The minimum absolute atomic E-state index is 0.0851. The first-order valence-corrected chi connectivity index (χ1v) is 4.75. The summed E-state index contributed by atoms with van der Waals surface area (Å²) in [7, 11) is 0. The summed E-state index contributed by atoms with van der Waals surface area (Å²) in [5.41, 5.74) is 17.4. The first-order chi connectivity index (χ1) is 7.15. The molecule has 0 amide bonds. The van der Waals surface area contributed by atoms with E-state index >= 15 is 0 Å². The van der Waals surface area contributed by atoms with Crippen LogP contribution in [-0.2, 0) is 0 Å². The molecule has 0 saturated carbocycles. The van der Waals surface area contributed by atoms with Gasteiger partial charge >= 0.3 is 5.96 Å². The van der Waals surface area contributed by atoms with Gasteiger partial charge < -0.3 is 11.5 Å². The van der Waals surface area contributed by atoms with E-state index < -0.39 is 0 Å². The Morgan fingerprint density at radius 1 is 1.20 bits per heavy atom. The predicted octanol–water partition coefficient (Wildman–Crippen LogP) is -1.98. The molecule has 0 spiro atoms. The Kier molecular flexibility index (Phi) is 3.68. The van der Waals surface area contributed by atoms with Crippen LogP contribution in [0.5, 0.6) is 0 Å². The normalized spacial score (nSPS) is 11.8. The van der Waals surface area contributed by atoms with Crippen molar-refractivity contribution in [2.45, 2.75) is 6.92 Å². The number of hydrogen-bond acceptors (Lipinski definition) is 0. The number of nitrogens with zero attached hydrogens (tertiary/aromatic N) is 1. The van der Waals surface area contributed by atoms with Gasteiger partial charge in [-0.3, -0.25) is 0 Å². The van der Waals surface area contributed by atoms with Crippen molar-refractivity contribution >= 4 is 17.6 Å². The largest absolute Gasteiger partial charge is 0.524 e. The van der Waals surface area contributed by atoms with Gasteiger partial charge in [-0.1, -0.05) is 18.2 Å². The van der Waals surface area contributed by atoms with Crippen LogP contribution in [0.1, 0.15) is 6.92 Å². The van der Waals surface area contributed by atoms with Gasteiger partial charge in [0.25, 0.3) is 5.96 Å². The first kappa shape index (κ1) is 11.0. The molecule has 1 rings (SSSR count). The number of guanidine groups is 2. The second kappa shape index (κ2) is 4.99. The predicted molar refractivity (Wildman–Crippen MR) is 60.4 cm³/mol. The summed E-state index contributed by atoms with van der Waals surface area (Å²) >= 11 is 0. The van der Waals surface area contributed by atoms with Crippen LogP contribution in [-0.4, -0.2) is 23.0 Å². The number of hydrogen-bond donors (Lipinski definition) is 4. The van der Waals surface area contributed by atoms with Gasteiger partial charge in [-0.05, 0) is 19.1 Å². The third-order valence-electron chi connectivity index (χ3n) is 1.95. The van der Waals surface area contributed by atoms with E-state index in [1.54, 1.807) is 0 Å². The van der Waals surface area contributed by atoms with Crippen molar-refractivity contribution in [1.82, 2.24) is 0 Å².